The van der Waals surface area contributed by atoms with Gasteiger partial charge in [-0.2, -0.15) is 0 Å². The molecule has 3 heteroatoms. The molecule has 0 saturated heterocycles. The van der Waals surface area contributed by atoms with Gasteiger partial charge in [0, 0.05) is 31.9 Å². The zero-order valence-corrected chi connectivity index (χ0v) is 9.90. The Morgan fingerprint density at radius 3 is 2.47 bits per heavy atom. The van der Waals surface area contributed by atoms with Crippen LogP contribution in [-0.2, 0) is 0 Å². The van der Waals surface area contributed by atoms with E-state index in [4.69, 9.17) is 10.5 Å². The van der Waals surface area contributed by atoms with Crippen molar-refractivity contribution in [3.63, 3.8) is 0 Å². The molecule has 0 aliphatic heterocycles. The summed E-state index contributed by atoms with van der Waals surface area (Å²) in [5.74, 6) is 0.867. The molecule has 15 heavy (non-hydrogen) atoms. The summed E-state index contributed by atoms with van der Waals surface area (Å²) in [6.45, 7) is 3.92. The van der Waals surface area contributed by atoms with Crippen molar-refractivity contribution in [2.75, 3.05) is 19.0 Å². The summed E-state index contributed by atoms with van der Waals surface area (Å²) in [5.41, 5.74) is 6.88. The first kappa shape index (κ1) is 11.9. The second kappa shape index (κ2) is 5.03. The molecule has 0 aliphatic carbocycles. The fourth-order valence-electron chi connectivity index (χ4n) is 1.16. The number of ether oxygens (including phenoxy) is 1. The second-order valence-electron chi connectivity index (χ2n) is 4.07. The first-order chi connectivity index (χ1) is 7.00. The van der Waals surface area contributed by atoms with Crippen molar-refractivity contribution in [1.29, 1.82) is 0 Å². The highest BCUT2D eigenvalue weighted by atomic mass is 16.5. The second-order valence-corrected chi connectivity index (χ2v) is 4.07. The van der Waals surface area contributed by atoms with E-state index in [1.54, 1.807) is 0 Å². The van der Waals surface area contributed by atoms with Crippen LogP contribution in [0.15, 0.2) is 24.3 Å². The van der Waals surface area contributed by atoms with Gasteiger partial charge < -0.3 is 15.4 Å². The Morgan fingerprint density at radius 1 is 1.27 bits per heavy atom. The third-order valence-electron chi connectivity index (χ3n) is 2.40. The largest absolute Gasteiger partial charge is 0.489 e. The summed E-state index contributed by atoms with van der Waals surface area (Å²) in [4.78, 5) is 2.05. The molecule has 1 aromatic carbocycles. The van der Waals surface area contributed by atoms with Crippen LogP contribution >= 0.6 is 0 Å². The lowest BCUT2D eigenvalue weighted by atomic mass is 10.2. The Bertz CT molecular complexity index is 310. The highest BCUT2D eigenvalue weighted by Crippen LogP contribution is 2.20. The van der Waals surface area contributed by atoms with Crippen LogP contribution < -0.4 is 15.4 Å². The van der Waals surface area contributed by atoms with Gasteiger partial charge in [-0.15, -0.1) is 0 Å². The summed E-state index contributed by atoms with van der Waals surface area (Å²) >= 11 is 0. The van der Waals surface area contributed by atoms with Crippen molar-refractivity contribution in [3.05, 3.63) is 24.3 Å². The number of benzene rings is 1. The lowest BCUT2D eigenvalue weighted by Crippen LogP contribution is -2.33. The number of hydrogen-bond donors (Lipinski definition) is 1. The van der Waals surface area contributed by atoms with E-state index in [9.17, 15) is 0 Å². The third-order valence-corrected chi connectivity index (χ3v) is 2.40. The van der Waals surface area contributed by atoms with Crippen molar-refractivity contribution in [1.82, 2.24) is 0 Å². The van der Waals surface area contributed by atoms with Gasteiger partial charge in [0.1, 0.15) is 11.9 Å². The zero-order chi connectivity index (χ0) is 11.4. The molecule has 0 fully saturated rings. The van der Waals surface area contributed by atoms with Gasteiger partial charge >= 0.3 is 0 Å². The van der Waals surface area contributed by atoms with Gasteiger partial charge in [-0.05, 0) is 26.0 Å². The van der Waals surface area contributed by atoms with E-state index in [1.165, 1.54) is 0 Å². The van der Waals surface area contributed by atoms with Crippen LogP contribution in [0.25, 0.3) is 0 Å². The summed E-state index contributed by atoms with van der Waals surface area (Å²) in [5, 5.41) is 0. The molecule has 3 nitrogen and oxygen atoms in total. The van der Waals surface area contributed by atoms with E-state index in [2.05, 4.69) is 0 Å². The number of nitrogens with two attached hydrogens (primary N) is 1. The summed E-state index contributed by atoms with van der Waals surface area (Å²) in [6, 6.07) is 8.03. The maximum absolute atomic E-state index is 5.75. The molecule has 0 aliphatic rings. The maximum Gasteiger partial charge on any atom is 0.121 e. The van der Waals surface area contributed by atoms with Crippen LogP contribution in [-0.4, -0.2) is 26.2 Å². The number of nitrogens with zero attached hydrogens (tertiary/aromatic N) is 1. The Balaban J connectivity index is 2.73. The SMILES string of the molecule is CC(Oc1cccc(N(C)C)c1)[C@H](C)N. The Kier molecular flexibility index (Phi) is 3.97. The zero-order valence-electron chi connectivity index (χ0n) is 9.90. The number of rotatable bonds is 4. The monoisotopic (exact) mass is 208 g/mol. The van der Waals surface area contributed by atoms with E-state index < -0.39 is 0 Å². The van der Waals surface area contributed by atoms with Crippen molar-refractivity contribution >= 4 is 5.69 Å². The highest BCUT2D eigenvalue weighted by molar-refractivity contribution is 5.49. The Morgan fingerprint density at radius 2 is 1.93 bits per heavy atom. The topological polar surface area (TPSA) is 38.5 Å². The molecule has 1 rings (SSSR count). The molecule has 0 heterocycles. The first-order valence-corrected chi connectivity index (χ1v) is 5.20. The highest BCUT2D eigenvalue weighted by Gasteiger charge is 2.09. The van der Waals surface area contributed by atoms with Gasteiger partial charge in [0.05, 0.1) is 0 Å². The molecule has 2 N–H and O–H groups in total. The molecule has 1 aromatic rings. The van der Waals surface area contributed by atoms with Crippen LogP contribution in [0.5, 0.6) is 5.75 Å². The maximum atomic E-state index is 5.75. The van der Waals surface area contributed by atoms with Crippen LogP contribution in [0.4, 0.5) is 5.69 Å². The standard InChI is InChI=1S/C12H20N2O/c1-9(13)10(2)15-12-7-5-6-11(8-12)14(3)4/h5-10H,13H2,1-4H3/t9-,10?/m0/s1. The van der Waals surface area contributed by atoms with Gasteiger partial charge in [0.15, 0.2) is 0 Å². The molecular weight excluding hydrogens is 188 g/mol. The minimum Gasteiger partial charge on any atom is -0.489 e. The smallest absolute Gasteiger partial charge is 0.121 e. The summed E-state index contributed by atoms with van der Waals surface area (Å²) in [6.07, 6.45) is 0.0300. The third kappa shape index (κ3) is 3.44. The summed E-state index contributed by atoms with van der Waals surface area (Å²) in [7, 11) is 4.02. The van der Waals surface area contributed by atoms with Crippen LogP contribution in [0.3, 0.4) is 0 Å². The average molecular weight is 208 g/mol. The van der Waals surface area contributed by atoms with Crippen molar-refractivity contribution in [2.45, 2.75) is 26.0 Å². The van der Waals surface area contributed by atoms with Crippen LogP contribution in [0, 0.1) is 0 Å². The molecule has 2 atom stereocenters. The molecule has 0 bridgehead atoms. The van der Waals surface area contributed by atoms with Gasteiger partial charge in [0.25, 0.3) is 0 Å². The fourth-order valence-corrected chi connectivity index (χ4v) is 1.16. The predicted octanol–water partition coefficient (Wildman–Crippen LogP) is 1.87. The quantitative estimate of drug-likeness (QED) is 0.821. The van der Waals surface area contributed by atoms with Gasteiger partial charge in [-0.1, -0.05) is 6.07 Å². The van der Waals surface area contributed by atoms with Gasteiger partial charge in [-0.3, -0.25) is 0 Å². The molecule has 0 spiro atoms. The molecular formula is C12H20N2O. The summed E-state index contributed by atoms with van der Waals surface area (Å²) < 4.78 is 5.71. The van der Waals surface area contributed by atoms with Crippen LogP contribution in [0.2, 0.25) is 0 Å². The lowest BCUT2D eigenvalue weighted by molar-refractivity contribution is 0.197. The molecule has 0 aromatic heterocycles. The van der Waals surface area contributed by atoms with Gasteiger partial charge in [0.2, 0.25) is 0 Å². The van der Waals surface area contributed by atoms with Gasteiger partial charge in [-0.25, -0.2) is 0 Å². The van der Waals surface area contributed by atoms with Crippen LogP contribution in [0.1, 0.15) is 13.8 Å². The molecule has 1 unspecified atom stereocenters. The molecule has 0 radical (unpaired) electrons. The van der Waals surface area contributed by atoms with Crippen molar-refractivity contribution < 1.29 is 4.74 Å². The Hall–Kier alpha value is -1.22. The van der Waals surface area contributed by atoms with Crippen molar-refractivity contribution in [3.8, 4) is 5.75 Å². The fraction of sp³-hybridized carbons (Fsp3) is 0.500. The van der Waals surface area contributed by atoms with E-state index in [0.29, 0.717) is 0 Å². The van der Waals surface area contributed by atoms with E-state index >= 15 is 0 Å². The Labute approximate surface area is 91.8 Å². The predicted molar refractivity (Wildman–Crippen MR) is 64.5 cm³/mol. The van der Waals surface area contributed by atoms with Crippen molar-refractivity contribution in [2.24, 2.45) is 5.73 Å². The normalized spacial score (nSPS) is 14.5. The molecule has 0 saturated carbocycles. The number of hydrogen-bond acceptors (Lipinski definition) is 3. The first-order valence-electron chi connectivity index (χ1n) is 5.20. The minimum atomic E-state index is 0.0300. The minimum absolute atomic E-state index is 0.0300. The van der Waals surface area contributed by atoms with E-state index in [-0.39, 0.29) is 12.1 Å². The van der Waals surface area contributed by atoms with E-state index in [1.807, 2.05) is 57.1 Å². The molecule has 84 valence electrons. The van der Waals surface area contributed by atoms with E-state index in [0.717, 1.165) is 11.4 Å². The lowest BCUT2D eigenvalue weighted by Gasteiger charge is -2.19. The molecule has 0 amide bonds. The number of anilines is 1. The average Bonchev–Trinajstić information content (AvgIpc) is 2.18.